The van der Waals surface area contributed by atoms with E-state index >= 15 is 0 Å². The van der Waals surface area contributed by atoms with E-state index in [0.717, 1.165) is 32.7 Å². The first-order valence-electron chi connectivity index (χ1n) is 13.0. The molecule has 0 heterocycles. The van der Waals surface area contributed by atoms with Gasteiger partial charge in [0.1, 0.15) is 12.6 Å². The van der Waals surface area contributed by atoms with Gasteiger partial charge in [0, 0.05) is 17.6 Å². The van der Waals surface area contributed by atoms with Crippen LogP contribution in [0.2, 0.25) is 0 Å². The zero-order chi connectivity index (χ0) is 28.6. The molecule has 0 aliphatic heterocycles. The normalized spacial score (nSPS) is 12.0. The Morgan fingerprint density at radius 2 is 1.59 bits per heavy atom. The fourth-order valence-corrected chi connectivity index (χ4v) is 5.84. The lowest BCUT2D eigenvalue weighted by Gasteiger charge is -2.32. The summed E-state index contributed by atoms with van der Waals surface area (Å²) >= 11 is 3.42. The van der Waals surface area contributed by atoms with Gasteiger partial charge < -0.3 is 10.2 Å². The van der Waals surface area contributed by atoms with Crippen molar-refractivity contribution in [2.24, 2.45) is 0 Å². The predicted octanol–water partition coefficient (Wildman–Crippen LogP) is 5.59. The average molecular weight is 615 g/mol. The summed E-state index contributed by atoms with van der Waals surface area (Å²) in [6.07, 6.45) is 1.76. The number of para-hydroxylation sites is 1. The molecule has 1 atom stereocenters. The zero-order valence-electron chi connectivity index (χ0n) is 22.9. The minimum absolute atomic E-state index is 0.0916. The molecule has 1 N–H and O–H groups in total. The van der Waals surface area contributed by atoms with Gasteiger partial charge >= 0.3 is 0 Å². The lowest BCUT2D eigenvalue weighted by molar-refractivity contribution is -0.139. The van der Waals surface area contributed by atoms with Crippen molar-refractivity contribution >= 4 is 43.5 Å². The molecule has 0 saturated heterocycles. The number of rotatable bonds is 12. The van der Waals surface area contributed by atoms with Crippen LogP contribution in [0.3, 0.4) is 0 Å². The first-order chi connectivity index (χ1) is 18.5. The van der Waals surface area contributed by atoms with Gasteiger partial charge in [0.05, 0.1) is 10.6 Å². The lowest BCUT2D eigenvalue weighted by atomic mass is 10.1. The number of nitrogens with one attached hydrogen (secondary N) is 1. The quantitative estimate of drug-likeness (QED) is 0.270. The van der Waals surface area contributed by atoms with Gasteiger partial charge in [-0.05, 0) is 68.7 Å². The summed E-state index contributed by atoms with van der Waals surface area (Å²) in [5.74, 6) is -0.757. The highest BCUT2D eigenvalue weighted by atomic mass is 79.9. The van der Waals surface area contributed by atoms with Crippen molar-refractivity contribution in [1.82, 2.24) is 10.2 Å². The molecular weight excluding hydrogens is 578 g/mol. The number of benzene rings is 3. The highest BCUT2D eigenvalue weighted by Crippen LogP contribution is 2.27. The Morgan fingerprint density at radius 1 is 0.949 bits per heavy atom. The van der Waals surface area contributed by atoms with Crippen LogP contribution in [0, 0.1) is 13.8 Å². The summed E-state index contributed by atoms with van der Waals surface area (Å²) in [4.78, 5) is 28.5. The molecule has 39 heavy (non-hydrogen) atoms. The summed E-state index contributed by atoms with van der Waals surface area (Å²) in [7, 11) is -4.08. The van der Waals surface area contributed by atoms with Crippen molar-refractivity contribution in [2.75, 3.05) is 17.4 Å². The van der Waals surface area contributed by atoms with Crippen LogP contribution in [-0.4, -0.2) is 44.3 Å². The third-order valence-electron chi connectivity index (χ3n) is 6.54. The van der Waals surface area contributed by atoms with Crippen LogP contribution < -0.4 is 9.62 Å². The fourth-order valence-electron chi connectivity index (χ4n) is 4.10. The number of unbranched alkanes of at least 4 members (excludes halogenated alkanes) is 1. The molecule has 0 spiro atoms. The number of amides is 2. The molecular formula is C30H36BrN3O4S. The fraction of sp³-hybridized carbons (Fsp3) is 0.333. The van der Waals surface area contributed by atoms with Gasteiger partial charge in [-0.3, -0.25) is 13.9 Å². The first kappa shape index (κ1) is 30.4. The lowest BCUT2D eigenvalue weighted by Crippen LogP contribution is -2.51. The summed E-state index contributed by atoms with van der Waals surface area (Å²) in [6, 6.07) is 20.3. The van der Waals surface area contributed by atoms with E-state index in [0.29, 0.717) is 17.8 Å². The molecule has 0 aliphatic carbocycles. The van der Waals surface area contributed by atoms with Gasteiger partial charge in [0.2, 0.25) is 11.8 Å². The number of sulfonamides is 1. The van der Waals surface area contributed by atoms with Crippen LogP contribution in [0.4, 0.5) is 5.69 Å². The van der Waals surface area contributed by atoms with Crippen LogP contribution in [0.25, 0.3) is 0 Å². The molecule has 3 rings (SSSR count). The van der Waals surface area contributed by atoms with Gasteiger partial charge in [-0.25, -0.2) is 8.42 Å². The topological polar surface area (TPSA) is 86.8 Å². The Balaban J connectivity index is 2.00. The predicted molar refractivity (Wildman–Crippen MR) is 159 cm³/mol. The molecule has 7 nitrogen and oxygen atoms in total. The van der Waals surface area contributed by atoms with E-state index in [9.17, 15) is 18.0 Å². The molecule has 2 amide bonds. The molecule has 1 unspecified atom stereocenters. The Hall–Kier alpha value is -3.17. The van der Waals surface area contributed by atoms with Crippen LogP contribution in [0.5, 0.6) is 0 Å². The Bertz CT molecular complexity index is 1380. The second kappa shape index (κ2) is 13.8. The molecule has 0 fully saturated rings. The monoisotopic (exact) mass is 613 g/mol. The van der Waals surface area contributed by atoms with Crippen molar-refractivity contribution in [3.8, 4) is 0 Å². The van der Waals surface area contributed by atoms with E-state index in [1.165, 1.54) is 4.90 Å². The first-order valence-corrected chi connectivity index (χ1v) is 15.2. The summed E-state index contributed by atoms with van der Waals surface area (Å²) in [6.45, 7) is 7.60. The second-order valence-electron chi connectivity index (χ2n) is 9.58. The molecule has 0 aromatic heterocycles. The number of anilines is 1. The Labute approximate surface area is 240 Å². The number of hydrogen-bond donors (Lipinski definition) is 1. The van der Waals surface area contributed by atoms with Crippen LogP contribution in [0.15, 0.2) is 82.2 Å². The van der Waals surface area contributed by atoms with Gasteiger partial charge in [-0.2, -0.15) is 0 Å². The van der Waals surface area contributed by atoms with Crippen molar-refractivity contribution in [1.29, 1.82) is 0 Å². The second-order valence-corrected chi connectivity index (χ2v) is 12.4. The number of carbonyl (C=O) groups is 2. The van der Waals surface area contributed by atoms with Crippen molar-refractivity contribution in [2.45, 2.75) is 58.0 Å². The van der Waals surface area contributed by atoms with Gasteiger partial charge in [0.25, 0.3) is 10.0 Å². The molecule has 3 aromatic carbocycles. The highest BCUT2D eigenvalue weighted by molar-refractivity contribution is 9.10. The molecule has 0 bridgehead atoms. The van der Waals surface area contributed by atoms with Gasteiger partial charge in [-0.1, -0.05) is 77.3 Å². The highest BCUT2D eigenvalue weighted by Gasteiger charge is 2.33. The van der Waals surface area contributed by atoms with Gasteiger partial charge in [0.15, 0.2) is 0 Å². The number of aryl methyl sites for hydroxylation is 2. The van der Waals surface area contributed by atoms with Crippen molar-refractivity contribution in [3.63, 3.8) is 0 Å². The largest absolute Gasteiger partial charge is 0.354 e. The summed E-state index contributed by atoms with van der Waals surface area (Å²) in [5.41, 5.74) is 2.88. The average Bonchev–Trinajstić information content (AvgIpc) is 2.91. The van der Waals surface area contributed by atoms with Crippen molar-refractivity contribution < 1.29 is 18.0 Å². The number of hydrogen-bond acceptors (Lipinski definition) is 4. The van der Waals surface area contributed by atoms with E-state index < -0.39 is 28.5 Å². The maximum Gasteiger partial charge on any atom is 0.264 e. The molecule has 9 heteroatoms. The van der Waals surface area contributed by atoms with Gasteiger partial charge in [-0.15, -0.1) is 0 Å². The third-order valence-corrected chi connectivity index (χ3v) is 8.84. The smallest absolute Gasteiger partial charge is 0.264 e. The molecule has 0 saturated carbocycles. The van der Waals surface area contributed by atoms with Crippen LogP contribution >= 0.6 is 15.9 Å². The molecule has 3 aromatic rings. The summed E-state index contributed by atoms with van der Waals surface area (Å²) < 4.78 is 29.8. The molecule has 0 aliphatic rings. The standard InChI is InChI=1S/C30H36BrN3O4S/c1-5-6-19-32-30(36)24(4)33(20-25-13-15-26(31)16-14-25)29(35)21-34(28-10-8-7-9-23(28)3)39(37,38)27-17-11-22(2)12-18-27/h7-18,24H,5-6,19-21H2,1-4H3,(H,32,36). The third kappa shape index (κ3) is 7.92. The zero-order valence-corrected chi connectivity index (χ0v) is 25.3. The maximum atomic E-state index is 13.9. The minimum atomic E-state index is -4.08. The number of carbonyl (C=O) groups excluding carboxylic acids is 2. The molecule has 208 valence electrons. The van der Waals surface area contributed by atoms with E-state index in [1.54, 1.807) is 56.3 Å². The number of halogens is 1. The maximum absolute atomic E-state index is 13.9. The minimum Gasteiger partial charge on any atom is -0.354 e. The van der Waals surface area contributed by atoms with E-state index in [4.69, 9.17) is 0 Å². The Morgan fingerprint density at radius 3 is 2.21 bits per heavy atom. The van der Waals surface area contributed by atoms with E-state index in [-0.39, 0.29) is 17.3 Å². The Kier molecular flexibility index (Phi) is 10.7. The SMILES string of the molecule is CCCCNC(=O)C(C)N(Cc1ccc(Br)cc1)C(=O)CN(c1ccccc1C)S(=O)(=O)c1ccc(C)cc1. The van der Waals surface area contributed by atoms with E-state index in [2.05, 4.69) is 21.2 Å². The molecule has 0 radical (unpaired) electrons. The number of nitrogens with zero attached hydrogens (tertiary/aromatic N) is 2. The summed E-state index contributed by atoms with van der Waals surface area (Å²) in [5, 5.41) is 2.90. The van der Waals surface area contributed by atoms with Crippen molar-refractivity contribution in [3.05, 3.63) is 94.0 Å². The van der Waals surface area contributed by atoms with E-state index in [1.807, 2.05) is 44.2 Å². The van der Waals surface area contributed by atoms with Crippen LogP contribution in [-0.2, 0) is 26.2 Å². The van der Waals surface area contributed by atoms with Crippen LogP contribution in [0.1, 0.15) is 43.4 Å².